The van der Waals surface area contributed by atoms with Gasteiger partial charge >= 0.3 is 0 Å². The smallest absolute Gasteiger partial charge is 0.0510 e. The minimum atomic E-state index is 0.201. The topological polar surface area (TPSA) is 38.5 Å². The lowest BCUT2D eigenvalue weighted by molar-refractivity contribution is 0.181. The zero-order chi connectivity index (χ0) is 13.0. The summed E-state index contributed by atoms with van der Waals surface area (Å²) in [5.74, 6) is 0.517. The molecule has 0 aromatic heterocycles. The highest BCUT2D eigenvalue weighted by Crippen LogP contribution is 2.22. The van der Waals surface area contributed by atoms with Gasteiger partial charge in [0.25, 0.3) is 0 Å². The second-order valence-electron chi connectivity index (χ2n) is 5.11. The molecule has 1 aromatic carbocycles. The van der Waals surface area contributed by atoms with Crippen LogP contribution in [-0.4, -0.2) is 32.3 Å². The van der Waals surface area contributed by atoms with E-state index in [1.807, 2.05) is 0 Å². The van der Waals surface area contributed by atoms with E-state index >= 15 is 0 Å². The molecule has 1 aliphatic rings. The largest absolute Gasteiger partial charge is 0.381 e. The highest BCUT2D eigenvalue weighted by Gasteiger charge is 2.24. The number of hydrogen-bond donors (Lipinski definition) is 1. The molecule has 2 unspecified atom stereocenters. The number of ether oxygens (including phenoxy) is 1. The third kappa shape index (κ3) is 3.03. The van der Waals surface area contributed by atoms with Crippen LogP contribution in [0.25, 0.3) is 0 Å². The van der Waals surface area contributed by atoms with E-state index in [-0.39, 0.29) is 6.04 Å². The quantitative estimate of drug-likeness (QED) is 0.868. The Hall–Kier alpha value is -1.06. The lowest BCUT2D eigenvalue weighted by atomic mass is 9.99. The van der Waals surface area contributed by atoms with Gasteiger partial charge < -0.3 is 15.4 Å². The van der Waals surface area contributed by atoms with Crippen molar-refractivity contribution in [1.82, 2.24) is 0 Å². The molecule has 2 rings (SSSR count). The number of anilines is 1. The van der Waals surface area contributed by atoms with E-state index in [1.54, 1.807) is 0 Å². The van der Waals surface area contributed by atoms with Crippen molar-refractivity contribution in [2.45, 2.75) is 26.3 Å². The van der Waals surface area contributed by atoms with Crippen LogP contribution in [-0.2, 0) is 4.74 Å². The molecule has 0 saturated carbocycles. The molecule has 0 aliphatic carbocycles. The van der Waals surface area contributed by atoms with E-state index in [0.717, 1.165) is 32.7 Å². The maximum Gasteiger partial charge on any atom is 0.0510 e. The number of hydrogen-bond acceptors (Lipinski definition) is 3. The molecular formula is C15H24N2O. The van der Waals surface area contributed by atoms with E-state index in [0.29, 0.717) is 5.92 Å². The normalized spacial score (nSPS) is 20.9. The van der Waals surface area contributed by atoms with Gasteiger partial charge in [-0.15, -0.1) is 0 Å². The van der Waals surface area contributed by atoms with Crippen LogP contribution in [0.2, 0.25) is 0 Å². The summed E-state index contributed by atoms with van der Waals surface area (Å²) >= 11 is 0. The van der Waals surface area contributed by atoms with Crippen molar-refractivity contribution >= 4 is 5.69 Å². The van der Waals surface area contributed by atoms with Crippen LogP contribution in [0.1, 0.15) is 18.9 Å². The zero-order valence-corrected chi connectivity index (χ0v) is 11.4. The molecule has 3 heteroatoms. The molecule has 0 amide bonds. The number of nitrogens with two attached hydrogens (primary N) is 1. The minimum Gasteiger partial charge on any atom is -0.381 e. The Morgan fingerprint density at radius 1 is 1.44 bits per heavy atom. The standard InChI is InChI=1S/C15H24N2O/c1-3-17(15-7-5-4-6-12(15)2)10-14(16)13-8-9-18-11-13/h4-7,13-14H,3,8-11,16H2,1-2H3. The molecule has 1 aliphatic heterocycles. The number of benzene rings is 1. The Morgan fingerprint density at radius 3 is 2.83 bits per heavy atom. The number of likely N-dealkylation sites (N-methyl/N-ethyl adjacent to an activating group) is 1. The Bertz CT molecular complexity index is 375. The third-order valence-corrected chi connectivity index (χ3v) is 3.84. The van der Waals surface area contributed by atoms with Gasteiger partial charge in [0.15, 0.2) is 0 Å². The average molecular weight is 248 g/mol. The maximum absolute atomic E-state index is 6.32. The molecule has 0 radical (unpaired) electrons. The number of rotatable bonds is 5. The van der Waals surface area contributed by atoms with Crippen LogP contribution in [0.4, 0.5) is 5.69 Å². The van der Waals surface area contributed by atoms with Crippen molar-refractivity contribution < 1.29 is 4.74 Å². The molecule has 18 heavy (non-hydrogen) atoms. The zero-order valence-electron chi connectivity index (χ0n) is 11.4. The van der Waals surface area contributed by atoms with Crippen LogP contribution >= 0.6 is 0 Å². The second-order valence-corrected chi connectivity index (χ2v) is 5.11. The van der Waals surface area contributed by atoms with Gasteiger partial charge in [-0.05, 0) is 31.9 Å². The van der Waals surface area contributed by atoms with E-state index in [4.69, 9.17) is 10.5 Å². The monoisotopic (exact) mass is 248 g/mol. The molecule has 0 bridgehead atoms. The maximum atomic E-state index is 6.32. The first-order chi connectivity index (χ1) is 8.72. The third-order valence-electron chi connectivity index (χ3n) is 3.84. The first-order valence-electron chi connectivity index (χ1n) is 6.86. The van der Waals surface area contributed by atoms with Gasteiger partial charge in [0.05, 0.1) is 6.61 Å². The van der Waals surface area contributed by atoms with Crippen LogP contribution in [0.3, 0.4) is 0 Å². The lowest BCUT2D eigenvalue weighted by Crippen LogP contribution is -2.42. The summed E-state index contributed by atoms with van der Waals surface area (Å²) in [7, 11) is 0. The summed E-state index contributed by atoms with van der Waals surface area (Å²) in [5, 5.41) is 0. The SMILES string of the molecule is CCN(CC(N)C1CCOC1)c1ccccc1C. The van der Waals surface area contributed by atoms with Crippen molar-refractivity contribution in [3.8, 4) is 0 Å². The summed E-state index contributed by atoms with van der Waals surface area (Å²) in [5.41, 5.74) is 8.94. The Labute approximate surface area is 110 Å². The second kappa shape index (κ2) is 6.21. The first kappa shape index (κ1) is 13.4. The van der Waals surface area contributed by atoms with Gasteiger partial charge in [0.2, 0.25) is 0 Å². The highest BCUT2D eigenvalue weighted by atomic mass is 16.5. The minimum absolute atomic E-state index is 0.201. The summed E-state index contributed by atoms with van der Waals surface area (Å²) in [4.78, 5) is 2.37. The highest BCUT2D eigenvalue weighted by molar-refractivity contribution is 5.53. The average Bonchev–Trinajstić information content (AvgIpc) is 2.90. The van der Waals surface area contributed by atoms with Crippen molar-refractivity contribution in [2.75, 3.05) is 31.2 Å². The summed E-state index contributed by atoms with van der Waals surface area (Å²) in [6.45, 7) is 7.94. The summed E-state index contributed by atoms with van der Waals surface area (Å²) in [6.07, 6.45) is 1.10. The van der Waals surface area contributed by atoms with E-state index in [1.165, 1.54) is 11.3 Å². The Morgan fingerprint density at radius 2 is 2.22 bits per heavy atom. The molecule has 100 valence electrons. The molecule has 1 heterocycles. The molecule has 3 nitrogen and oxygen atoms in total. The van der Waals surface area contributed by atoms with Crippen molar-refractivity contribution in [1.29, 1.82) is 0 Å². The van der Waals surface area contributed by atoms with Crippen LogP contribution < -0.4 is 10.6 Å². The van der Waals surface area contributed by atoms with E-state index in [2.05, 4.69) is 43.0 Å². The fourth-order valence-electron chi connectivity index (χ4n) is 2.61. The number of para-hydroxylation sites is 1. The van der Waals surface area contributed by atoms with Gasteiger partial charge in [-0.25, -0.2) is 0 Å². The molecule has 0 spiro atoms. The van der Waals surface area contributed by atoms with Crippen molar-refractivity contribution in [3.63, 3.8) is 0 Å². The van der Waals surface area contributed by atoms with E-state index in [9.17, 15) is 0 Å². The Kier molecular flexibility index (Phi) is 4.61. The predicted octanol–water partition coefficient (Wildman–Crippen LogP) is 2.19. The Balaban J connectivity index is 2.02. The fraction of sp³-hybridized carbons (Fsp3) is 0.600. The predicted molar refractivity (Wildman–Crippen MR) is 76.0 cm³/mol. The van der Waals surface area contributed by atoms with Gasteiger partial charge in [-0.2, -0.15) is 0 Å². The molecule has 1 saturated heterocycles. The van der Waals surface area contributed by atoms with Crippen molar-refractivity contribution in [3.05, 3.63) is 29.8 Å². The van der Waals surface area contributed by atoms with Crippen LogP contribution in [0.15, 0.2) is 24.3 Å². The molecular weight excluding hydrogens is 224 g/mol. The van der Waals surface area contributed by atoms with Gasteiger partial charge in [0, 0.05) is 37.3 Å². The van der Waals surface area contributed by atoms with E-state index < -0.39 is 0 Å². The van der Waals surface area contributed by atoms with Crippen LogP contribution in [0, 0.1) is 12.8 Å². The number of nitrogens with zero attached hydrogens (tertiary/aromatic N) is 1. The van der Waals surface area contributed by atoms with Crippen LogP contribution in [0.5, 0.6) is 0 Å². The molecule has 1 fully saturated rings. The number of aryl methyl sites for hydroxylation is 1. The fourth-order valence-corrected chi connectivity index (χ4v) is 2.61. The lowest BCUT2D eigenvalue weighted by Gasteiger charge is -2.30. The molecule has 2 N–H and O–H groups in total. The molecule has 2 atom stereocenters. The van der Waals surface area contributed by atoms with Gasteiger partial charge in [-0.1, -0.05) is 18.2 Å². The summed E-state index contributed by atoms with van der Waals surface area (Å²) in [6, 6.07) is 8.71. The summed E-state index contributed by atoms with van der Waals surface area (Å²) < 4.78 is 5.42. The molecule has 1 aromatic rings. The first-order valence-corrected chi connectivity index (χ1v) is 6.86. The van der Waals surface area contributed by atoms with Crippen molar-refractivity contribution in [2.24, 2.45) is 11.7 Å². The van der Waals surface area contributed by atoms with Gasteiger partial charge in [0.1, 0.15) is 0 Å². The van der Waals surface area contributed by atoms with Gasteiger partial charge in [-0.3, -0.25) is 0 Å².